The Hall–Kier alpha value is -6.73. The second-order valence-electron chi connectivity index (χ2n) is 13.8. The quantitative estimate of drug-likeness (QED) is 0.108. The molecule has 284 valence electrons. The van der Waals surface area contributed by atoms with Crippen LogP contribution in [-0.2, 0) is 11.3 Å². The summed E-state index contributed by atoms with van der Waals surface area (Å²) in [7, 11) is 7.80. The highest BCUT2D eigenvalue weighted by molar-refractivity contribution is 7.99. The first-order chi connectivity index (χ1) is 26.8. The first-order valence-corrected chi connectivity index (χ1v) is 18.5. The van der Waals surface area contributed by atoms with Crippen molar-refractivity contribution in [1.82, 2.24) is 0 Å². The van der Waals surface area contributed by atoms with Crippen molar-refractivity contribution in [1.29, 1.82) is 0 Å². The Morgan fingerprint density at radius 1 is 0.804 bits per heavy atom. The average Bonchev–Trinajstić information content (AvgIpc) is 3.18. The lowest BCUT2D eigenvalue weighted by atomic mass is 10.0. The summed E-state index contributed by atoms with van der Waals surface area (Å²) < 4.78 is 12.0. The molecule has 0 aromatic heterocycles. The normalized spacial score (nSPS) is 11.7. The summed E-state index contributed by atoms with van der Waals surface area (Å²) in [5.41, 5.74) is 5.55. The van der Waals surface area contributed by atoms with E-state index in [-0.39, 0.29) is 35.1 Å². The Bertz CT molecular complexity index is 2500. The number of nitrogens with zero attached hydrogens (tertiary/aromatic N) is 4. The van der Waals surface area contributed by atoms with Gasteiger partial charge in [0.15, 0.2) is 0 Å². The van der Waals surface area contributed by atoms with Gasteiger partial charge >= 0.3 is 11.8 Å². The number of hydrogen-bond donors (Lipinski definition) is 2. The highest BCUT2D eigenvalue weighted by atomic mass is 32.2. The van der Waals surface area contributed by atoms with Gasteiger partial charge in [0.2, 0.25) is 5.75 Å². The maximum absolute atomic E-state index is 13.9. The number of anilines is 5. The van der Waals surface area contributed by atoms with Crippen LogP contribution in [0.3, 0.4) is 0 Å². The fourth-order valence-corrected chi connectivity index (χ4v) is 7.52. The number of benzene rings is 6. The molecule has 2 N–H and O–H groups in total. The number of aryl methyl sites for hydroxylation is 2. The van der Waals surface area contributed by atoms with Gasteiger partial charge in [-0.1, -0.05) is 54.2 Å². The third-order valence-electron chi connectivity index (χ3n) is 9.47. The summed E-state index contributed by atoms with van der Waals surface area (Å²) in [6.07, 6.45) is -0.645. The van der Waals surface area contributed by atoms with Gasteiger partial charge in [-0.15, -0.1) is 0 Å². The molecule has 1 aliphatic heterocycles. The van der Waals surface area contributed by atoms with Gasteiger partial charge < -0.3 is 29.7 Å². The minimum atomic E-state index is -0.645. The Kier molecular flexibility index (Phi) is 10.2. The average molecular weight is 770 g/mol. The Labute approximate surface area is 328 Å². The molecule has 1 aliphatic rings. The summed E-state index contributed by atoms with van der Waals surface area (Å²) in [6.45, 7) is 3.51. The third kappa shape index (κ3) is 7.36. The number of fused-ring (bicyclic) bond motifs is 3. The van der Waals surface area contributed by atoms with Crippen LogP contribution in [0.25, 0.3) is 10.8 Å². The Morgan fingerprint density at radius 2 is 1.45 bits per heavy atom. The molecule has 0 saturated heterocycles. The number of aromatic hydroxyl groups is 1. The number of hydrogen-bond acceptors (Lipinski definition) is 10. The van der Waals surface area contributed by atoms with E-state index in [2.05, 4.69) is 5.32 Å². The number of nitro benzene ring substituents is 1. The van der Waals surface area contributed by atoms with Crippen molar-refractivity contribution < 1.29 is 29.1 Å². The minimum Gasteiger partial charge on any atom is -0.506 e. The number of nitro groups is 1. The zero-order chi connectivity index (χ0) is 39.8. The van der Waals surface area contributed by atoms with Gasteiger partial charge in [0.25, 0.3) is 5.91 Å². The van der Waals surface area contributed by atoms with Crippen molar-refractivity contribution in [2.45, 2.75) is 30.2 Å². The number of carbonyl (C=O) groups is 2. The number of phenols is 1. The molecule has 0 spiro atoms. The van der Waals surface area contributed by atoms with Gasteiger partial charge in [0.1, 0.15) is 18.1 Å². The molecule has 12 nitrogen and oxygen atoms in total. The summed E-state index contributed by atoms with van der Waals surface area (Å²) in [4.78, 5) is 46.5. The van der Waals surface area contributed by atoms with Crippen LogP contribution in [0.2, 0.25) is 0 Å². The maximum atomic E-state index is 13.9. The molecule has 1 heterocycles. The lowest BCUT2D eigenvalue weighted by molar-refractivity contribution is -0.385. The molecule has 56 heavy (non-hydrogen) atoms. The molecule has 0 bridgehead atoms. The monoisotopic (exact) mass is 769 g/mol. The molecule has 6 aromatic carbocycles. The lowest BCUT2D eigenvalue weighted by Gasteiger charge is -2.32. The molecular weight excluding hydrogens is 731 g/mol. The summed E-state index contributed by atoms with van der Waals surface area (Å²) >= 11 is 1.57. The van der Waals surface area contributed by atoms with Gasteiger partial charge in [-0.05, 0) is 85.1 Å². The standard InChI is InChI=1S/C43H39N5O7S/c1-25-11-12-26(2)33(19-25)44-42(50)32-23-38(30-9-7-8-10-31(30)41(32)49)55-37-18-13-27(20-36(37)48(52)53)24-54-43(51)47-34-16-14-28(45(3)4)21-39(34)56-40-22-29(46(5)6)15-17-35(40)47/h7-23,49H,24H2,1-6H3,(H,44,50). The minimum absolute atomic E-state index is 0.0686. The van der Waals surface area contributed by atoms with Gasteiger partial charge in [-0.25, -0.2) is 9.69 Å². The summed E-state index contributed by atoms with van der Waals surface area (Å²) in [5.74, 6) is -0.809. The van der Waals surface area contributed by atoms with Gasteiger partial charge in [-0.2, -0.15) is 0 Å². The molecular formula is C43H39N5O7S. The second kappa shape index (κ2) is 15.2. The first-order valence-electron chi connectivity index (χ1n) is 17.6. The highest BCUT2D eigenvalue weighted by Gasteiger charge is 2.31. The molecule has 0 atom stereocenters. The van der Waals surface area contributed by atoms with Gasteiger partial charge in [0, 0.05) is 71.9 Å². The van der Waals surface area contributed by atoms with Crippen LogP contribution in [0.15, 0.2) is 113 Å². The van der Waals surface area contributed by atoms with Gasteiger partial charge in [0.05, 0.1) is 21.9 Å². The molecule has 0 fully saturated rings. The van der Waals surface area contributed by atoms with Crippen molar-refractivity contribution >= 4 is 68.7 Å². The predicted octanol–water partition coefficient (Wildman–Crippen LogP) is 10.2. The fraction of sp³-hybridized carbons (Fsp3) is 0.163. The van der Waals surface area contributed by atoms with E-state index in [1.54, 1.807) is 42.1 Å². The fourth-order valence-electron chi connectivity index (χ4n) is 6.39. The molecule has 0 saturated carbocycles. The zero-order valence-corrected chi connectivity index (χ0v) is 32.4. The van der Waals surface area contributed by atoms with Crippen LogP contribution in [0, 0.1) is 24.0 Å². The number of carbonyl (C=O) groups excluding carboxylic acids is 2. The Morgan fingerprint density at radius 3 is 2.07 bits per heavy atom. The smallest absolute Gasteiger partial charge is 0.419 e. The largest absolute Gasteiger partial charge is 0.506 e. The second-order valence-corrected chi connectivity index (χ2v) is 14.9. The number of rotatable bonds is 9. The lowest BCUT2D eigenvalue weighted by Crippen LogP contribution is -2.29. The molecule has 2 amide bonds. The van der Waals surface area contributed by atoms with Crippen molar-refractivity contribution in [2.75, 3.05) is 48.2 Å². The predicted molar refractivity (Wildman–Crippen MR) is 221 cm³/mol. The van der Waals surface area contributed by atoms with E-state index in [0.717, 1.165) is 32.3 Å². The van der Waals surface area contributed by atoms with Crippen LogP contribution in [0.4, 0.5) is 38.9 Å². The number of phenolic OH excluding ortho intramolecular Hbond substituents is 1. The van der Waals surface area contributed by atoms with E-state index < -0.39 is 16.9 Å². The van der Waals surface area contributed by atoms with E-state index in [1.165, 1.54) is 23.1 Å². The Balaban J connectivity index is 1.17. The van der Waals surface area contributed by atoms with E-state index in [4.69, 9.17) is 9.47 Å². The topological polar surface area (TPSA) is 138 Å². The van der Waals surface area contributed by atoms with Crippen molar-refractivity contribution in [3.8, 4) is 17.2 Å². The molecule has 7 rings (SSSR count). The van der Waals surface area contributed by atoms with Crippen LogP contribution in [-0.4, -0.2) is 50.2 Å². The molecule has 6 aromatic rings. The van der Waals surface area contributed by atoms with Crippen molar-refractivity contribution in [3.63, 3.8) is 0 Å². The maximum Gasteiger partial charge on any atom is 0.419 e. The number of nitrogens with one attached hydrogen (secondary N) is 1. The van der Waals surface area contributed by atoms with E-state index >= 15 is 0 Å². The van der Waals surface area contributed by atoms with Crippen LogP contribution in [0.1, 0.15) is 27.0 Å². The third-order valence-corrected chi connectivity index (χ3v) is 10.6. The molecule has 0 radical (unpaired) electrons. The van der Waals surface area contributed by atoms with Crippen LogP contribution in [0.5, 0.6) is 17.2 Å². The van der Waals surface area contributed by atoms with Crippen LogP contribution < -0.4 is 24.8 Å². The molecule has 0 unspecified atom stereocenters. The van der Waals surface area contributed by atoms with Crippen molar-refractivity contribution in [2.24, 2.45) is 0 Å². The number of ether oxygens (including phenoxy) is 2. The highest BCUT2D eigenvalue weighted by Crippen LogP contribution is 2.50. The molecule has 13 heteroatoms. The van der Waals surface area contributed by atoms with Crippen LogP contribution >= 0.6 is 11.8 Å². The van der Waals surface area contributed by atoms with E-state index in [0.29, 0.717) is 33.4 Å². The SMILES string of the molecule is Cc1ccc(C)c(NC(=O)c2cc(Oc3ccc(COC(=O)N4c5ccc(N(C)C)cc5Sc5cc(N(C)C)ccc54)cc3[N+](=O)[O-])c3ccccc3c2O)c1. The van der Waals surface area contributed by atoms with E-state index in [1.807, 2.05) is 106 Å². The van der Waals surface area contributed by atoms with E-state index in [9.17, 15) is 24.8 Å². The first kappa shape index (κ1) is 37.6. The summed E-state index contributed by atoms with van der Waals surface area (Å²) in [5, 5.41) is 27.3. The zero-order valence-electron chi connectivity index (χ0n) is 31.6. The van der Waals surface area contributed by atoms with Gasteiger partial charge in [-0.3, -0.25) is 14.9 Å². The molecule has 0 aliphatic carbocycles. The van der Waals surface area contributed by atoms with Crippen molar-refractivity contribution in [3.05, 3.63) is 135 Å². The summed E-state index contributed by atoms with van der Waals surface area (Å²) in [6, 6.07) is 29.7. The number of amides is 2.